The molecule has 1 aliphatic rings. The molecule has 26 heavy (non-hydrogen) atoms. The first kappa shape index (κ1) is 16.8. The summed E-state index contributed by atoms with van der Waals surface area (Å²) >= 11 is 0. The fourth-order valence-electron chi connectivity index (χ4n) is 3.38. The molecule has 0 aliphatic carbocycles. The van der Waals surface area contributed by atoms with E-state index in [-0.39, 0.29) is 0 Å². The molecule has 0 saturated carbocycles. The van der Waals surface area contributed by atoms with Crippen LogP contribution in [-0.4, -0.2) is 59.3 Å². The Kier molecular flexibility index (Phi) is 4.46. The predicted octanol–water partition coefficient (Wildman–Crippen LogP) is 2.97. The van der Waals surface area contributed by atoms with Gasteiger partial charge in [-0.25, -0.2) is 9.97 Å². The van der Waals surface area contributed by atoms with Gasteiger partial charge >= 0.3 is 0 Å². The average Bonchev–Trinajstić information content (AvgIpc) is 3.12. The van der Waals surface area contributed by atoms with Crippen LogP contribution < -0.4 is 10.2 Å². The summed E-state index contributed by atoms with van der Waals surface area (Å²) in [6.07, 6.45) is 3.96. The Labute approximate surface area is 153 Å². The number of hydrogen-bond donors (Lipinski definition) is 2. The quantitative estimate of drug-likeness (QED) is 0.753. The molecule has 4 rings (SSSR count). The summed E-state index contributed by atoms with van der Waals surface area (Å²) in [6.45, 7) is 2.18. The predicted molar refractivity (Wildman–Crippen MR) is 105 cm³/mol. The van der Waals surface area contributed by atoms with Crippen molar-refractivity contribution in [2.45, 2.75) is 18.8 Å². The topological polar surface area (TPSA) is 73.0 Å². The average molecular weight is 351 g/mol. The van der Waals surface area contributed by atoms with Crippen LogP contribution in [-0.2, 0) is 0 Å². The Balaban J connectivity index is 1.64. The second kappa shape index (κ2) is 6.92. The Morgan fingerprint density at radius 2 is 1.85 bits per heavy atom. The van der Waals surface area contributed by atoms with Crippen molar-refractivity contribution in [2.24, 2.45) is 0 Å². The number of benzene rings is 1. The Morgan fingerprint density at radius 1 is 1.12 bits per heavy atom. The standard InChI is InChI=1S/C19H25N7/c1-25(2)15-6-4-14(5-7-15)21-19-17-16(12-20-24-17)22-18(23-19)13-8-10-26(3)11-9-13/h4-7,12-13H,8-11H2,1-3H3,(H,20,24)(H,21,22,23). The largest absolute Gasteiger partial charge is 0.378 e. The highest BCUT2D eigenvalue weighted by Crippen LogP contribution is 2.29. The maximum absolute atomic E-state index is 4.85. The SMILES string of the molecule is CN1CCC(c2nc(Nc3ccc(N(C)C)cc3)c3[nH]ncc3n2)CC1. The molecule has 1 aromatic carbocycles. The van der Waals surface area contributed by atoms with Gasteiger partial charge in [-0.3, -0.25) is 5.10 Å². The maximum atomic E-state index is 4.85. The second-order valence-corrected chi connectivity index (χ2v) is 7.20. The molecule has 136 valence electrons. The van der Waals surface area contributed by atoms with Crippen LogP contribution in [0.15, 0.2) is 30.5 Å². The molecule has 3 aromatic rings. The van der Waals surface area contributed by atoms with E-state index in [1.807, 2.05) is 14.1 Å². The van der Waals surface area contributed by atoms with Crippen LogP contribution in [0.5, 0.6) is 0 Å². The molecule has 0 atom stereocenters. The van der Waals surface area contributed by atoms with E-state index in [9.17, 15) is 0 Å². The van der Waals surface area contributed by atoms with Crippen molar-refractivity contribution < 1.29 is 0 Å². The Morgan fingerprint density at radius 3 is 2.54 bits per heavy atom. The molecule has 7 nitrogen and oxygen atoms in total. The van der Waals surface area contributed by atoms with Crippen LogP contribution in [0.3, 0.4) is 0 Å². The van der Waals surface area contributed by atoms with E-state index in [0.29, 0.717) is 5.92 Å². The number of piperidine rings is 1. The van der Waals surface area contributed by atoms with Gasteiger partial charge in [0.05, 0.1) is 6.20 Å². The molecular formula is C19H25N7. The highest BCUT2D eigenvalue weighted by Gasteiger charge is 2.22. The molecule has 1 saturated heterocycles. The number of likely N-dealkylation sites (tertiary alicyclic amines) is 1. The highest BCUT2D eigenvalue weighted by molar-refractivity contribution is 5.86. The van der Waals surface area contributed by atoms with Crippen molar-refractivity contribution in [2.75, 3.05) is 44.4 Å². The van der Waals surface area contributed by atoms with Crippen LogP contribution in [0.2, 0.25) is 0 Å². The third-order valence-corrected chi connectivity index (χ3v) is 5.05. The number of aromatic nitrogens is 4. The van der Waals surface area contributed by atoms with Crippen molar-refractivity contribution in [3.63, 3.8) is 0 Å². The zero-order valence-corrected chi connectivity index (χ0v) is 15.5. The van der Waals surface area contributed by atoms with E-state index >= 15 is 0 Å². The van der Waals surface area contributed by atoms with Crippen molar-refractivity contribution in [1.29, 1.82) is 0 Å². The van der Waals surface area contributed by atoms with Crippen LogP contribution in [0.1, 0.15) is 24.6 Å². The van der Waals surface area contributed by atoms with Crippen LogP contribution in [0.25, 0.3) is 11.0 Å². The number of nitrogens with zero attached hydrogens (tertiary/aromatic N) is 5. The van der Waals surface area contributed by atoms with Gasteiger partial charge in [-0.2, -0.15) is 5.10 Å². The molecule has 0 unspecified atom stereocenters. The lowest BCUT2D eigenvalue weighted by molar-refractivity contribution is 0.251. The molecule has 1 aliphatic heterocycles. The van der Waals surface area contributed by atoms with Crippen LogP contribution in [0, 0.1) is 0 Å². The van der Waals surface area contributed by atoms with Gasteiger partial charge in [0.1, 0.15) is 16.9 Å². The van der Waals surface area contributed by atoms with Crippen molar-refractivity contribution in [1.82, 2.24) is 25.1 Å². The van der Waals surface area contributed by atoms with E-state index in [0.717, 1.165) is 60.0 Å². The van der Waals surface area contributed by atoms with E-state index < -0.39 is 0 Å². The van der Waals surface area contributed by atoms with Gasteiger partial charge in [-0.05, 0) is 57.2 Å². The number of anilines is 3. The first-order valence-electron chi connectivity index (χ1n) is 9.04. The second-order valence-electron chi connectivity index (χ2n) is 7.20. The van der Waals surface area contributed by atoms with Gasteiger partial charge in [0, 0.05) is 31.4 Å². The molecule has 2 aromatic heterocycles. The molecule has 2 N–H and O–H groups in total. The maximum Gasteiger partial charge on any atom is 0.160 e. The molecule has 0 spiro atoms. The number of nitrogens with one attached hydrogen (secondary N) is 2. The van der Waals surface area contributed by atoms with E-state index in [4.69, 9.17) is 9.97 Å². The minimum absolute atomic E-state index is 0.405. The number of H-pyrrole nitrogens is 1. The molecule has 0 bridgehead atoms. The third-order valence-electron chi connectivity index (χ3n) is 5.05. The monoisotopic (exact) mass is 351 g/mol. The fourth-order valence-corrected chi connectivity index (χ4v) is 3.38. The smallest absolute Gasteiger partial charge is 0.160 e. The Hall–Kier alpha value is -2.67. The lowest BCUT2D eigenvalue weighted by Gasteiger charge is -2.28. The van der Waals surface area contributed by atoms with Gasteiger partial charge in [0.15, 0.2) is 5.82 Å². The summed E-state index contributed by atoms with van der Waals surface area (Å²) in [7, 11) is 6.24. The Bertz CT molecular complexity index is 877. The normalized spacial score (nSPS) is 16.1. The van der Waals surface area contributed by atoms with Gasteiger partial charge in [-0.15, -0.1) is 0 Å². The summed E-state index contributed by atoms with van der Waals surface area (Å²) in [5.41, 5.74) is 3.87. The van der Waals surface area contributed by atoms with Gasteiger partial charge in [-0.1, -0.05) is 0 Å². The van der Waals surface area contributed by atoms with E-state index in [2.05, 4.69) is 56.6 Å². The van der Waals surface area contributed by atoms with Gasteiger partial charge in [0.2, 0.25) is 0 Å². The first-order chi connectivity index (χ1) is 12.6. The van der Waals surface area contributed by atoms with Gasteiger partial charge in [0.25, 0.3) is 0 Å². The van der Waals surface area contributed by atoms with Crippen molar-refractivity contribution in [3.05, 3.63) is 36.3 Å². The summed E-state index contributed by atoms with van der Waals surface area (Å²) in [5.74, 6) is 2.11. The summed E-state index contributed by atoms with van der Waals surface area (Å²) in [4.78, 5) is 14.0. The first-order valence-corrected chi connectivity index (χ1v) is 9.04. The minimum Gasteiger partial charge on any atom is -0.378 e. The lowest BCUT2D eigenvalue weighted by Crippen LogP contribution is -2.30. The van der Waals surface area contributed by atoms with Gasteiger partial charge < -0.3 is 15.1 Å². The molecule has 7 heteroatoms. The molecule has 0 radical (unpaired) electrons. The molecule has 3 heterocycles. The van der Waals surface area contributed by atoms with Crippen LogP contribution >= 0.6 is 0 Å². The number of fused-ring (bicyclic) bond motifs is 1. The molecule has 0 amide bonds. The number of rotatable bonds is 4. The third kappa shape index (κ3) is 3.35. The van der Waals surface area contributed by atoms with Crippen molar-refractivity contribution in [3.8, 4) is 0 Å². The van der Waals surface area contributed by atoms with Crippen LogP contribution in [0.4, 0.5) is 17.2 Å². The molecule has 1 fully saturated rings. The lowest BCUT2D eigenvalue weighted by atomic mass is 9.96. The fraction of sp³-hybridized carbons (Fsp3) is 0.421. The number of hydrogen-bond acceptors (Lipinski definition) is 6. The van der Waals surface area contributed by atoms with Crippen molar-refractivity contribution >= 4 is 28.2 Å². The number of aromatic amines is 1. The van der Waals surface area contributed by atoms with E-state index in [1.54, 1.807) is 6.20 Å². The summed E-state index contributed by atoms with van der Waals surface area (Å²) in [6, 6.07) is 8.31. The summed E-state index contributed by atoms with van der Waals surface area (Å²) in [5, 5.41) is 10.6. The highest BCUT2D eigenvalue weighted by atomic mass is 15.2. The summed E-state index contributed by atoms with van der Waals surface area (Å²) < 4.78 is 0. The minimum atomic E-state index is 0.405. The van der Waals surface area contributed by atoms with E-state index in [1.165, 1.54) is 0 Å². The molecular weight excluding hydrogens is 326 g/mol. The zero-order valence-electron chi connectivity index (χ0n) is 15.5. The zero-order chi connectivity index (χ0) is 18.1.